The van der Waals surface area contributed by atoms with Crippen LogP contribution in [-0.4, -0.2) is 22.1 Å². The lowest BCUT2D eigenvalue weighted by molar-refractivity contribution is 0.414. The van der Waals surface area contributed by atoms with Crippen LogP contribution in [0.1, 0.15) is 11.1 Å². The summed E-state index contributed by atoms with van der Waals surface area (Å²) in [5.74, 6) is 0.836. The third-order valence-corrected chi connectivity index (χ3v) is 3.31. The van der Waals surface area contributed by atoms with Gasteiger partial charge in [-0.1, -0.05) is 35.5 Å². The average molecular weight is 279 g/mol. The number of hydrogen-bond acceptors (Lipinski definition) is 3. The van der Waals surface area contributed by atoms with Crippen LogP contribution in [0, 0.1) is 6.92 Å². The molecule has 1 heterocycles. The van der Waals surface area contributed by atoms with Crippen LogP contribution in [0.15, 0.2) is 54.7 Å². The number of rotatable bonds is 4. The van der Waals surface area contributed by atoms with Gasteiger partial charge < -0.3 is 4.74 Å². The van der Waals surface area contributed by atoms with Crippen molar-refractivity contribution in [3.63, 3.8) is 0 Å². The highest BCUT2D eigenvalue weighted by molar-refractivity contribution is 5.61. The molecule has 0 atom stereocenters. The normalized spacial score (nSPS) is 10.6. The lowest BCUT2D eigenvalue weighted by atomic mass is 10.1. The van der Waals surface area contributed by atoms with Crippen LogP contribution in [-0.2, 0) is 6.54 Å². The van der Waals surface area contributed by atoms with E-state index in [-0.39, 0.29) is 0 Å². The molecule has 3 rings (SSSR count). The van der Waals surface area contributed by atoms with E-state index < -0.39 is 0 Å². The summed E-state index contributed by atoms with van der Waals surface area (Å²) in [7, 11) is 1.67. The summed E-state index contributed by atoms with van der Waals surface area (Å²) in [6.45, 7) is 2.76. The third kappa shape index (κ3) is 3.11. The molecule has 0 aliphatic heterocycles. The first-order chi connectivity index (χ1) is 10.2. The summed E-state index contributed by atoms with van der Waals surface area (Å²) in [5, 5.41) is 8.46. The molecule has 1 aromatic heterocycles. The molecule has 0 radical (unpaired) electrons. The van der Waals surface area contributed by atoms with Crippen molar-refractivity contribution in [2.45, 2.75) is 13.5 Å². The molecule has 2 aromatic carbocycles. The summed E-state index contributed by atoms with van der Waals surface area (Å²) in [6, 6.07) is 16.3. The quantitative estimate of drug-likeness (QED) is 0.735. The van der Waals surface area contributed by atoms with Gasteiger partial charge in [0.25, 0.3) is 0 Å². The molecule has 106 valence electrons. The minimum atomic E-state index is 0.719. The molecule has 4 nitrogen and oxygen atoms in total. The lowest BCUT2D eigenvalue weighted by Crippen LogP contribution is -1.99. The van der Waals surface area contributed by atoms with Gasteiger partial charge in [0.2, 0.25) is 0 Å². The Morgan fingerprint density at radius 2 is 1.90 bits per heavy atom. The maximum Gasteiger partial charge on any atom is 0.119 e. The summed E-state index contributed by atoms with van der Waals surface area (Å²) in [4.78, 5) is 0. The van der Waals surface area contributed by atoms with Crippen LogP contribution in [0.3, 0.4) is 0 Å². The van der Waals surface area contributed by atoms with Crippen LogP contribution in [0.25, 0.3) is 11.3 Å². The molecular weight excluding hydrogens is 262 g/mol. The third-order valence-electron chi connectivity index (χ3n) is 3.31. The fraction of sp³-hybridized carbons (Fsp3) is 0.176. The van der Waals surface area contributed by atoms with Crippen molar-refractivity contribution in [1.82, 2.24) is 15.0 Å². The van der Waals surface area contributed by atoms with E-state index >= 15 is 0 Å². The molecule has 0 saturated heterocycles. The second-order valence-electron chi connectivity index (χ2n) is 5.03. The maximum absolute atomic E-state index is 5.30. The smallest absolute Gasteiger partial charge is 0.119 e. The maximum atomic E-state index is 5.30. The zero-order valence-electron chi connectivity index (χ0n) is 12.2. The van der Waals surface area contributed by atoms with Crippen molar-refractivity contribution in [3.8, 4) is 17.0 Å². The van der Waals surface area contributed by atoms with Gasteiger partial charge in [-0.25, -0.2) is 4.68 Å². The SMILES string of the molecule is COc1cc(C)cc(-c2cn(Cc3ccccc3)nn2)c1. The summed E-state index contributed by atoms with van der Waals surface area (Å²) >= 11 is 0. The number of nitrogens with zero attached hydrogens (tertiary/aromatic N) is 3. The minimum Gasteiger partial charge on any atom is -0.497 e. The molecule has 0 fully saturated rings. The number of aryl methyl sites for hydroxylation is 1. The van der Waals surface area contributed by atoms with E-state index in [0.29, 0.717) is 0 Å². The average Bonchev–Trinajstić information content (AvgIpc) is 2.96. The molecule has 0 saturated carbocycles. The second kappa shape index (κ2) is 5.79. The van der Waals surface area contributed by atoms with Gasteiger partial charge in [-0.3, -0.25) is 0 Å². The first-order valence-electron chi connectivity index (χ1n) is 6.85. The highest BCUT2D eigenvalue weighted by Gasteiger charge is 2.07. The van der Waals surface area contributed by atoms with Crippen LogP contribution in [0.5, 0.6) is 5.75 Å². The Morgan fingerprint density at radius 1 is 1.10 bits per heavy atom. The second-order valence-corrected chi connectivity index (χ2v) is 5.03. The van der Waals surface area contributed by atoms with Gasteiger partial charge in [0.1, 0.15) is 11.4 Å². The Hall–Kier alpha value is -2.62. The van der Waals surface area contributed by atoms with Crippen LogP contribution in [0.2, 0.25) is 0 Å². The molecule has 0 spiro atoms. The van der Waals surface area contributed by atoms with E-state index in [1.165, 1.54) is 5.56 Å². The number of aromatic nitrogens is 3. The number of hydrogen-bond donors (Lipinski definition) is 0. The fourth-order valence-electron chi connectivity index (χ4n) is 2.29. The van der Waals surface area contributed by atoms with Crippen molar-refractivity contribution in [2.75, 3.05) is 7.11 Å². The van der Waals surface area contributed by atoms with Gasteiger partial charge >= 0.3 is 0 Å². The van der Waals surface area contributed by atoms with Gasteiger partial charge in [0, 0.05) is 5.56 Å². The van der Waals surface area contributed by atoms with Crippen LogP contribution >= 0.6 is 0 Å². The molecule has 3 aromatic rings. The van der Waals surface area contributed by atoms with E-state index in [1.807, 2.05) is 48.1 Å². The number of benzene rings is 2. The predicted molar refractivity (Wildman–Crippen MR) is 82.3 cm³/mol. The summed E-state index contributed by atoms with van der Waals surface area (Å²) in [5.41, 5.74) is 4.22. The molecule has 4 heteroatoms. The van der Waals surface area contributed by atoms with Gasteiger partial charge in [0.15, 0.2) is 0 Å². The number of ether oxygens (including phenoxy) is 1. The summed E-state index contributed by atoms with van der Waals surface area (Å²) in [6.07, 6.45) is 1.96. The van der Waals surface area contributed by atoms with Crippen molar-refractivity contribution in [1.29, 1.82) is 0 Å². The van der Waals surface area contributed by atoms with Crippen LogP contribution < -0.4 is 4.74 Å². The van der Waals surface area contributed by atoms with Crippen molar-refractivity contribution in [3.05, 3.63) is 65.9 Å². The zero-order valence-corrected chi connectivity index (χ0v) is 12.2. The molecular formula is C17H17N3O. The Kier molecular flexibility index (Phi) is 3.69. The topological polar surface area (TPSA) is 39.9 Å². The molecule has 0 unspecified atom stereocenters. The Morgan fingerprint density at radius 3 is 2.67 bits per heavy atom. The van der Waals surface area contributed by atoms with E-state index in [2.05, 4.69) is 28.5 Å². The van der Waals surface area contributed by atoms with E-state index in [9.17, 15) is 0 Å². The molecule has 0 aliphatic rings. The first kappa shape index (κ1) is 13.4. The molecule has 0 amide bonds. The Balaban J connectivity index is 1.86. The van der Waals surface area contributed by atoms with E-state index in [0.717, 1.165) is 29.1 Å². The van der Waals surface area contributed by atoms with Crippen molar-refractivity contribution >= 4 is 0 Å². The molecule has 0 aliphatic carbocycles. The monoisotopic (exact) mass is 279 g/mol. The highest BCUT2D eigenvalue weighted by atomic mass is 16.5. The zero-order chi connectivity index (χ0) is 14.7. The Labute approximate surface area is 124 Å². The minimum absolute atomic E-state index is 0.719. The first-order valence-corrected chi connectivity index (χ1v) is 6.85. The molecule has 21 heavy (non-hydrogen) atoms. The van der Waals surface area contributed by atoms with Crippen molar-refractivity contribution < 1.29 is 4.74 Å². The Bertz CT molecular complexity index is 735. The molecule has 0 bridgehead atoms. The fourth-order valence-corrected chi connectivity index (χ4v) is 2.29. The largest absolute Gasteiger partial charge is 0.497 e. The van der Waals surface area contributed by atoms with Gasteiger partial charge in [-0.2, -0.15) is 0 Å². The van der Waals surface area contributed by atoms with Crippen LogP contribution in [0.4, 0.5) is 0 Å². The standard InChI is InChI=1S/C17H17N3O/c1-13-8-15(10-16(9-13)21-2)17-12-20(19-18-17)11-14-6-4-3-5-7-14/h3-10,12H,11H2,1-2H3. The van der Waals surface area contributed by atoms with Gasteiger partial charge in [-0.05, 0) is 36.2 Å². The van der Waals surface area contributed by atoms with Crippen molar-refractivity contribution in [2.24, 2.45) is 0 Å². The number of methoxy groups -OCH3 is 1. The molecule has 0 N–H and O–H groups in total. The lowest BCUT2D eigenvalue weighted by Gasteiger charge is -2.04. The summed E-state index contributed by atoms with van der Waals surface area (Å²) < 4.78 is 7.15. The van der Waals surface area contributed by atoms with Gasteiger partial charge in [-0.15, -0.1) is 5.10 Å². The predicted octanol–water partition coefficient (Wildman–Crippen LogP) is 3.31. The van der Waals surface area contributed by atoms with E-state index in [4.69, 9.17) is 4.74 Å². The van der Waals surface area contributed by atoms with E-state index in [1.54, 1.807) is 7.11 Å². The van der Waals surface area contributed by atoms with Gasteiger partial charge in [0.05, 0.1) is 19.9 Å². The highest BCUT2D eigenvalue weighted by Crippen LogP contribution is 2.24.